The maximum Gasteiger partial charge on any atom is 0.244 e. The minimum absolute atomic E-state index is 0.0415. The van der Waals surface area contributed by atoms with Crippen LogP contribution in [0.25, 0.3) is 22.0 Å². The summed E-state index contributed by atoms with van der Waals surface area (Å²) in [6, 6.07) is 14.5. The molecule has 0 spiro atoms. The molecule has 8 nitrogen and oxygen atoms in total. The number of aromatic nitrogens is 3. The van der Waals surface area contributed by atoms with Crippen LogP contribution >= 0.6 is 0 Å². The van der Waals surface area contributed by atoms with Crippen LogP contribution in [0.2, 0.25) is 0 Å². The average molecular weight is 537 g/mol. The van der Waals surface area contributed by atoms with Crippen molar-refractivity contribution in [1.82, 2.24) is 19.9 Å². The first-order valence-electron chi connectivity index (χ1n) is 14.0. The third-order valence-electron chi connectivity index (χ3n) is 8.42. The second-order valence-electron chi connectivity index (χ2n) is 11.3. The maximum absolute atomic E-state index is 13.2. The van der Waals surface area contributed by atoms with E-state index in [2.05, 4.69) is 56.3 Å². The number of methoxy groups -OCH3 is 1. The first-order chi connectivity index (χ1) is 19.3. The zero-order valence-electron chi connectivity index (χ0n) is 23.7. The van der Waals surface area contributed by atoms with Gasteiger partial charge in [0.2, 0.25) is 11.8 Å². The smallest absolute Gasteiger partial charge is 0.244 e. The van der Waals surface area contributed by atoms with Gasteiger partial charge in [-0.05, 0) is 106 Å². The number of aryl methyl sites for hydroxylation is 1. The number of pyridine rings is 1. The Kier molecular flexibility index (Phi) is 6.88. The summed E-state index contributed by atoms with van der Waals surface area (Å²) in [6.07, 6.45) is 6.71. The summed E-state index contributed by atoms with van der Waals surface area (Å²) in [4.78, 5) is 31.6. The third-order valence-corrected chi connectivity index (χ3v) is 8.42. The highest BCUT2D eigenvalue weighted by atomic mass is 16.5. The maximum atomic E-state index is 13.2. The van der Waals surface area contributed by atoms with Crippen molar-refractivity contribution in [3.63, 3.8) is 0 Å². The number of hydrogen-bond donors (Lipinski definition) is 1. The number of rotatable bonds is 6. The molecule has 4 aromatic rings. The van der Waals surface area contributed by atoms with Gasteiger partial charge >= 0.3 is 0 Å². The van der Waals surface area contributed by atoms with Crippen molar-refractivity contribution in [1.29, 1.82) is 0 Å². The summed E-state index contributed by atoms with van der Waals surface area (Å²) in [7, 11) is 1.62. The van der Waals surface area contributed by atoms with E-state index in [0.717, 1.165) is 78.0 Å². The molecule has 0 unspecified atom stereocenters. The number of fused-ring (bicyclic) bond motifs is 2. The molecule has 0 bridgehead atoms. The number of carbonyl (C=O) groups excluding carboxylic acids is 1. The zero-order valence-corrected chi connectivity index (χ0v) is 23.7. The molecule has 4 heterocycles. The lowest BCUT2D eigenvalue weighted by atomic mass is 9.97. The monoisotopic (exact) mass is 536 g/mol. The first kappa shape index (κ1) is 26.2. The van der Waals surface area contributed by atoms with Crippen LogP contribution in [0.15, 0.2) is 55.0 Å². The third kappa shape index (κ3) is 4.88. The van der Waals surface area contributed by atoms with Crippen molar-refractivity contribution < 1.29 is 9.53 Å². The van der Waals surface area contributed by atoms with E-state index in [1.807, 2.05) is 38.2 Å². The molecule has 6 rings (SSSR count). The SMILES string of the molecule is COc1ccc(-c2cc(C)c3ncnc(N4CCc5ccc(NC(=O)C(C)(C)N6CCCC6)cc5C4)c3c2)cn1. The standard InChI is InChI=1S/C32H36N6O2/c1-21-15-24(23-8-10-28(40-4)33-18-23)17-27-29(21)34-20-35-30(27)37-14-11-22-7-9-26(16-25(22)19-37)36-31(39)32(2,3)38-12-5-6-13-38/h7-10,15-18,20H,5-6,11-14,19H2,1-4H3,(H,36,39). The Morgan fingerprint density at radius 1 is 0.950 bits per heavy atom. The van der Waals surface area contributed by atoms with Crippen molar-refractivity contribution in [2.45, 2.75) is 52.1 Å². The van der Waals surface area contributed by atoms with E-state index >= 15 is 0 Å². The summed E-state index contributed by atoms with van der Waals surface area (Å²) >= 11 is 0. The Balaban J connectivity index is 1.28. The Labute approximate surface area is 235 Å². The van der Waals surface area contributed by atoms with Crippen LogP contribution in [0.3, 0.4) is 0 Å². The number of likely N-dealkylation sites (tertiary alicyclic amines) is 1. The van der Waals surface area contributed by atoms with Crippen LogP contribution in [-0.4, -0.2) is 58.0 Å². The molecule has 40 heavy (non-hydrogen) atoms. The van der Waals surface area contributed by atoms with Gasteiger partial charge in [0, 0.05) is 42.0 Å². The van der Waals surface area contributed by atoms with E-state index in [0.29, 0.717) is 12.4 Å². The molecule has 1 amide bonds. The van der Waals surface area contributed by atoms with E-state index in [-0.39, 0.29) is 5.91 Å². The number of amides is 1. The molecular formula is C32H36N6O2. The summed E-state index contributed by atoms with van der Waals surface area (Å²) in [5.41, 5.74) is 6.96. The predicted octanol–water partition coefficient (Wildman–Crippen LogP) is 5.38. The van der Waals surface area contributed by atoms with Crippen molar-refractivity contribution >= 4 is 28.3 Å². The predicted molar refractivity (Wildman–Crippen MR) is 159 cm³/mol. The van der Waals surface area contributed by atoms with Crippen molar-refractivity contribution in [2.75, 3.05) is 37.0 Å². The normalized spacial score (nSPS) is 15.8. The van der Waals surface area contributed by atoms with Gasteiger partial charge in [-0.1, -0.05) is 6.07 Å². The summed E-state index contributed by atoms with van der Waals surface area (Å²) in [6.45, 7) is 9.65. The van der Waals surface area contributed by atoms with E-state index in [1.54, 1.807) is 13.4 Å². The number of nitrogens with one attached hydrogen (secondary N) is 1. The molecule has 1 saturated heterocycles. The van der Waals surface area contributed by atoms with Crippen LogP contribution in [0, 0.1) is 6.92 Å². The van der Waals surface area contributed by atoms with Gasteiger partial charge in [-0.25, -0.2) is 15.0 Å². The van der Waals surface area contributed by atoms with Crippen LogP contribution < -0.4 is 15.0 Å². The number of anilines is 2. The highest BCUT2D eigenvalue weighted by Gasteiger charge is 2.36. The number of carbonyl (C=O) groups is 1. The number of benzene rings is 2. The molecule has 1 fully saturated rings. The zero-order chi connectivity index (χ0) is 27.9. The molecule has 2 aliphatic rings. The molecular weight excluding hydrogens is 500 g/mol. The lowest BCUT2D eigenvalue weighted by molar-refractivity contribution is -0.125. The average Bonchev–Trinajstić information content (AvgIpc) is 3.53. The highest BCUT2D eigenvalue weighted by molar-refractivity contribution is 5.98. The van der Waals surface area contributed by atoms with Gasteiger partial charge in [-0.2, -0.15) is 0 Å². The number of nitrogens with zero attached hydrogens (tertiary/aromatic N) is 5. The van der Waals surface area contributed by atoms with Crippen molar-refractivity contribution in [2.24, 2.45) is 0 Å². The summed E-state index contributed by atoms with van der Waals surface area (Å²) in [5.74, 6) is 1.55. The molecule has 0 aliphatic carbocycles. The lowest BCUT2D eigenvalue weighted by Crippen LogP contribution is -2.51. The fourth-order valence-corrected chi connectivity index (χ4v) is 5.94. The number of hydrogen-bond acceptors (Lipinski definition) is 7. The fourth-order valence-electron chi connectivity index (χ4n) is 5.94. The molecule has 2 aromatic heterocycles. The van der Waals surface area contributed by atoms with Gasteiger partial charge in [-0.3, -0.25) is 9.69 Å². The van der Waals surface area contributed by atoms with Crippen molar-refractivity contribution in [3.05, 3.63) is 71.7 Å². The van der Waals surface area contributed by atoms with Crippen LogP contribution in [0.4, 0.5) is 11.5 Å². The minimum atomic E-state index is -0.534. The molecule has 0 radical (unpaired) electrons. The van der Waals surface area contributed by atoms with Gasteiger partial charge in [0.25, 0.3) is 0 Å². The molecule has 2 aromatic carbocycles. The largest absolute Gasteiger partial charge is 0.481 e. The summed E-state index contributed by atoms with van der Waals surface area (Å²) in [5, 5.41) is 4.22. The van der Waals surface area contributed by atoms with E-state index in [4.69, 9.17) is 9.72 Å². The topological polar surface area (TPSA) is 83.5 Å². The number of ether oxygens (including phenoxy) is 1. The van der Waals surface area contributed by atoms with Crippen LogP contribution in [0.1, 0.15) is 43.4 Å². The van der Waals surface area contributed by atoms with Gasteiger partial charge < -0.3 is 15.0 Å². The molecule has 1 N–H and O–H groups in total. The van der Waals surface area contributed by atoms with Crippen molar-refractivity contribution in [3.8, 4) is 17.0 Å². The van der Waals surface area contributed by atoms with Gasteiger partial charge in [-0.15, -0.1) is 0 Å². The Bertz CT molecular complexity index is 1560. The quantitative estimate of drug-likeness (QED) is 0.354. The van der Waals surface area contributed by atoms with Crippen LogP contribution in [0.5, 0.6) is 5.88 Å². The molecule has 206 valence electrons. The van der Waals surface area contributed by atoms with Gasteiger partial charge in [0.05, 0.1) is 18.2 Å². The molecule has 8 heteroatoms. The minimum Gasteiger partial charge on any atom is -0.481 e. The Morgan fingerprint density at radius 3 is 2.52 bits per heavy atom. The van der Waals surface area contributed by atoms with Gasteiger partial charge in [0.15, 0.2) is 0 Å². The lowest BCUT2D eigenvalue weighted by Gasteiger charge is -2.34. The summed E-state index contributed by atoms with van der Waals surface area (Å²) < 4.78 is 5.23. The Morgan fingerprint density at radius 2 is 1.77 bits per heavy atom. The van der Waals surface area contributed by atoms with Crippen LogP contribution in [-0.2, 0) is 17.8 Å². The van der Waals surface area contributed by atoms with E-state index in [1.165, 1.54) is 11.1 Å². The van der Waals surface area contributed by atoms with E-state index < -0.39 is 5.54 Å². The van der Waals surface area contributed by atoms with E-state index in [9.17, 15) is 4.79 Å². The fraction of sp³-hybridized carbons (Fsp3) is 0.375. The second-order valence-corrected chi connectivity index (χ2v) is 11.3. The first-order valence-corrected chi connectivity index (χ1v) is 14.0. The molecule has 2 aliphatic heterocycles. The highest BCUT2D eigenvalue weighted by Crippen LogP contribution is 2.34. The molecule has 0 atom stereocenters. The molecule has 0 saturated carbocycles. The van der Waals surface area contributed by atoms with Gasteiger partial charge in [0.1, 0.15) is 12.1 Å². The Hall–Kier alpha value is -4.04. The second kappa shape index (κ2) is 10.5.